The van der Waals surface area contributed by atoms with Gasteiger partial charge in [0.25, 0.3) is 0 Å². The van der Waals surface area contributed by atoms with Gasteiger partial charge in [0, 0.05) is 0 Å². The lowest BCUT2D eigenvalue weighted by atomic mass is 9.97. The van der Waals surface area contributed by atoms with E-state index in [0.29, 0.717) is 6.61 Å². The quantitative estimate of drug-likeness (QED) is 0.741. The first-order chi connectivity index (χ1) is 9.45. The predicted molar refractivity (Wildman–Crippen MR) is 77.7 cm³/mol. The Morgan fingerprint density at radius 2 is 1.53 bits per heavy atom. The first kappa shape index (κ1) is 10.8. The highest BCUT2D eigenvalue weighted by Crippen LogP contribution is 2.45. The molecule has 0 unspecified atom stereocenters. The van der Waals surface area contributed by atoms with E-state index in [1.165, 1.54) is 33.4 Å². The minimum Gasteiger partial charge on any atom is -0.373 e. The van der Waals surface area contributed by atoms with Crippen LogP contribution in [0.5, 0.6) is 0 Å². The fourth-order valence-electron chi connectivity index (χ4n) is 3.02. The molecule has 0 atom stereocenters. The van der Waals surface area contributed by atoms with Crippen LogP contribution >= 0.6 is 0 Å². The average Bonchev–Trinajstić information content (AvgIpc) is 2.83. The molecular weight excluding hydrogens is 232 g/mol. The van der Waals surface area contributed by atoms with Crippen molar-refractivity contribution in [1.29, 1.82) is 0 Å². The largest absolute Gasteiger partial charge is 0.373 e. The molecule has 0 N–H and O–H groups in total. The molecule has 0 aromatic heterocycles. The molecule has 4 rings (SSSR count). The van der Waals surface area contributed by atoms with Gasteiger partial charge in [0.05, 0.1) is 13.2 Å². The molecule has 1 heterocycles. The summed E-state index contributed by atoms with van der Waals surface area (Å²) in [5.41, 5.74) is 7.99. The molecule has 1 nitrogen and oxygen atoms in total. The summed E-state index contributed by atoms with van der Waals surface area (Å²) in [5, 5.41) is 0. The van der Waals surface area contributed by atoms with Crippen LogP contribution < -0.4 is 0 Å². The molecule has 19 heavy (non-hydrogen) atoms. The first-order valence-electron chi connectivity index (χ1n) is 6.62. The Morgan fingerprint density at radius 3 is 2.37 bits per heavy atom. The van der Waals surface area contributed by atoms with Crippen molar-refractivity contribution in [2.24, 2.45) is 0 Å². The molecule has 0 spiro atoms. The Labute approximate surface area is 112 Å². The maximum atomic E-state index is 5.63. The molecule has 1 aliphatic carbocycles. The summed E-state index contributed by atoms with van der Waals surface area (Å²) < 4.78 is 5.63. The third-order valence-corrected chi connectivity index (χ3v) is 3.83. The van der Waals surface area contributed by atoms with Crippen molar-refractivity contribution in [3.8, 4) is 0 Å². The number of benzene rings is 2. The highest BCUT2D eigenvalue weighted by Gasteiger charge is 2.28. The summed E-state index contributed by atoms with van der Waals surface area (Å²) in [6, 6.07) is 19.2. The van der Waals surface area contributed by atoms with Crippen molar-refractivity contribution in [3.05, 3.63) is 82.9 Å². The van der Waals surface area contributed by atoms with Gasteiger partial charge >= 0.3 is 0 Å². The minimum atomic E-state index is 0.713. The van der Waals surface area contributed by atoms with Crippen molar-refractivity contribution < 1.29 is 4.74 Å². The monoisotopic (exact) mass is 246 g/mol. The van der Waals surface area contributed by atoms with Crippen molar-refractivity contribution in [3.63, 3.8) is 0 Å². The summed E-state index contributed by atoms with van der Waals surface area (Å²) in [7, 11) is 0. The van der Waals surface area contributed by atoms with Crippen molar-refractivity contribution >= 4 is 11.1 Å². The van der Waals surface area contributed by atoms with E-state index in [0.717, 1.165) is 6.61 Å². The summed E-state index contributed by atoms with van der Waals surface area (Å²) in [6.07, 6.45) is 2.20. The molecule has 0 radical (unpaired) electrons. The molecular formula is C18H14O. The lowest BCUT2D eigenvalue weighted by molar-refractivity contribution is 0.185. The standard InChI is InChI=1S/C18H14O/c1-2-6-13(7-3-1)18-16-9-5-4-8-14(16)15-10-11-19-12-17(15)18/h1-10H,11-12H2. The van der Waals surface area contributed by atoms with E-state index < -0.39 is 0 Å². The van der Waals surface area contributed by atoms with Crippen LogP contribution in [-0.2, 0) is 4.74 Å². The number of hydrogen-bond donors (Lipinski definition) is 0. The highest BCUT2D eigenvalue weighted by atomic mass is 16.5. The fourth-order valence-corrected chi connectivity index (χ4v) is 3.02. The van der Waals surface area contributed by atoms with Gasteiger partial charge in [-0.15, -0.1) is 0 Å². The van der Waals surface area contributed by atoms with Crippen molar-refractivity contribution in [1.82, 2.24) is 0 Å². The van der Waals surface area contributed by atoms with Gasteiger partial charge in [0.1, 0.15) is 0 Å². The van der Waals surface area contributed by atoms with Crippen LogP contribution in [0.1, 0.15) is 16.7 Å². The molecule has 92 valence electrons. The highest BCUT2D eigenvalue weighted by molar-refractivity contribution is 6.05. The molecule has 0 fully saturated rings. The summed E-state index contributed by atoms with van der Waals surface area (Å²) in [5.74, 6) is 0. The van der Waals surface area contributed by atoms with Gasteiger partial charge in [-0.05, 0) is 33.4 Å². The van der Waals surface area contributed by atoms with Crippen LogP contribution in [-0.4, -0.2) is 13.2 Å². The number of hydrogen-bond acceptors (Lipinski definition) is 1. The van der Waals surface area contributed by atoms with E-state index in [2.05, 4.69) is 60.7 Å². The Kier molecular flexibility index (Phi) is 2.39. The molecule has 0 saturated carbocycles. The van der Waals surface area contributed by atoms with Gasteiger partial charge < -0.3 is 4.74 Å². The van der Waals surface area contributed by atoms with E-state index in [-0.39, 0.29) is 0 Å². The number of fused-ring (bicyclic) bond motifs is 3. The van der Waals surface area contributed by atoms with Crippen LogP contribution in [0.3, 0.4) is 0 Å². The fraction of sp³-hybridized carbons (Fsp3) is 0.111. The Morgan fingerprint density at radius 1 is 0.789 bits per heavy atom. The van der Waals surface area contributed by atoms with Gasteiger partial charge in [0.15, 0.2) is 0 Å². The summed E-state index contributed by atoms with van der Waals surface area (Å²) in [4.78, 5) is 0. The van der Waals surface area contributed by atoms with Crippen LogP contribution in [0.4, 0.5) is 0 Å². The second-order valence-electron chi connectivity index (χ2n) is 4.90. The summed E-state index contributed by atoms with van der Waals surface area (Å²) >= 11 is 0. The Hall–Kier alpha value is -2.12. The second kappa shape index (κ2) is 4.22. The molecule has 1 aliphatic heterocycles. The first-order valence-corrected chi connectivity index (χ1v) is 6.62. The van der Waals surface area contributed by atoms with Crippen LogP contribution in [0.25, 0.3) is 11.1 Å². The van der Waals surface area contributed by atoms with E-state index in [9.17, 15) is 0 Å². The lowest BCUT2D eigenvalue weighted by Crippen LogP contribution is -2.06. The second-order valence-corrected chi connectivity index (χ2v) is 4.90. The zero-order valence-corrected chi connectivity index (χ0v) is 10.6. The zero-order chi connectivity index (χ0) is 12.7. The molecule has 0 bridgehead atoms. The van der Waals surface area contributed by atoms with Crippen molar-refractivity contribution in [2.45, 2.75) is 0 Å². The molecule has 2 aromatic carbocycles. The third kappa shape index (κ3) is 1.59. The van der Waals surface area contributed by atoms with Crippen LogP contribution in [0.15, 0.2) is 66.2 Å². The van der Waals surface area contributed by atoms with Gasteiger partial charge in [-0.1, -0.05) is 60.7 Å². The van der Waals surface area contributed by atoms with Crippen LogP contribution in [0.2, 0.25) is 0 Å². The Bertz CT molecular complexity index is 693. The van der Waals surface area contributed by atoms with E-state index in [1.54, 1.807) is 0 Å². The van der Waals surface area contributed by atoms with Gasteiger partial charge in [-0.3, -0.25) is 0 Å². The van der Waals surface area contributed by atoms with Gasteiger partial charge in [0.2, 0.25) is 0 Å². The SMILES string of the molecule is C1=C2C(=C(c3ccccc3)c3ccccc32)COC1. The topological polar surface area (TPSA) is 9.23 Å². The molecule has 0 amide bonds. The molecule has 0 saturated heterocycles. The molecule has 1 heteroatoms. The smallest absolute Gasteiger partial charge is 0.0733 e. The minimum absolute atomic E-state index is 0.713. The normalized spacial score (nSPS) is 16.9. The van der Waals surface area contributed by atoms with E-state index in [1.807, 2.05) is 0 Å². The maximum absolute atomic E-state index is 5.63. The average molecular weight is 246 g/mol. The predicted octanol–water partition coefficient (Wildman–Crippen LogP) is 3.92. The van der Waals surface area contributed by atoms with Crippen molar-refractivity contribution in [2.75, 3.05) is 13.2 Å². The Balaban J connectivity index is 2.02. The third-order valence-electron chi connectivity index (χ3n) is 3.83. The van der Waals surface area contributed by atoms with Gasteiger partial charge in [-0.25, -0.2) is 0 Å². The van der Waals surface area contributed by atoms with Gasteiger partial charge in [-0.2, -0.15) is 0 Å². The number of ether oxygens (including phenoxy) is 1. The summed E-state index contributed by atoms with van der Waals surface area (Å²) in [6.45, 7) is 1.43. The van der Waals surface area contributed by atoms with Crippen LogP contribution in [0, 0.1) is 0 Å². The lowest BCUT2D eigenvalue weighted by Gasteiger charge is -2.14. The maximum Gasteiger partial charge on any atom is 0.0733 e. The van der Waals surface area contributed by atoms with E-state index >= 15 is 0 Å². The molecule has 2 aliphatic rings. The molecule has 2 aromatic rings. The van der Waals surface area contributed by atoms with E-state index in [4.69, 9.17) is 4.74 Å². The zero-order valence-electron chi connectivity index (χ0n) is 10.6. The number of rotatable bonds is 1.